The third-order valence-corrected chi connectivity index (χ3v) is 11.9. The summed E-state index contributed by atoms with van der Waals surface area (Å²) in [6.45, 7) is 2.46. The lowest BCUT2D eigenvalue weighted by Crippen LogP contribution is -2.38. The number of nitrogens with zero attached hydrogens (tertiary/aromatic N) is 3. The molecule has 252 valence electrons. The van der Waals surface area contributed by atoms with E-state index in [0.29, 0.717) is 49.0 Å². The molecule has 11 nitrogen and oxygen atoms in total. The van der Waals surface area contributed by atoms with Crippen molar-refractivity contribution in [3.8, 4) is 11.5 Å². The highest BCUT2D eigenvalue weighted by atomic mass is 35.5. The first-order valence-electron chi connectivity index (χ1n) is 15.0. The van der Waals surface area contributed by atoms with Crippen LogP contribution in [0.4, 0.5) is 11.4 Å². The van der Waals surface area contributed by atoms with E-state index in [1.165, 1.54) is 20.3 Å². The molecule has 0 aliphatic carbocycles. The molecule has 0 radical (unpaired) electrons. The van der Waals surface area contributed by atoms with Gasteiger partial charge in [-0.15, -0.1) is 0 Å². The van der Waals surface area contributed by atoms with Crippen molar-refractivity contribution < 1.29 is 31.1 Å². The SMILES string of the molecule is CCCn1cc2c(N(S(=O)(=O)Cc3ccc(OC)cc3)S(=O)(=O)Cc3ccc(OC)cc3)cc(NC(=O)Cc3ccccc3Cl)cc2n1. The summed E-state index contributed by atoms with van der Waals surface area (Å²) in [5.41, 5.74) is 1.60. The lowest BCUT2D eigenvalue weighted by atomic mass is 10.1. The highest BCUT2D eigenvalue weighted by Gasteiger charge is 2.36. The molecule has 0 bridgehead atoms. The number of amides is 1. The minimum absolute atomic E-state index is 0.0629. The summed E-state index contributed by atoms with van der Waals surface area (Å²) in [7, 11) is -6.26. The maximum atomic E-state index is 14.3. The number of methoxy groups -OCH3 is 2. The predicted molar refractivity (Wildman–Crippen MR) is 188 cm³/mol. The van der Waals surface area contributed by atoms with E-state index in [1.807, 2.05) is 6.92 Å². The minimum Gasteiger partial charge on any atom is -0.497 e. The highest BCUT2D eigenvalue weighted by molar-refractivity contribution is 8.09. The monoisotopic (exact) mass is 710 g/mol. The van der Waals surface area contributed by atoms with Crippen LogP contribution in [0.15, 0.2) is 91.1 Å². The number of anilines is 2. The van der Waals surface area contributed by atoms with Gasteiger partial charge < -0.3 is 14.8 Å². The van der Waals surface area contributed by atoms with E-state index in [4.69, 9.17) is 21.1 Å². The number of rotatable bonds is 14. The third kappa shape index (κ3) is 8.09. The third-order valence-electron chi connectivity index (χ3n) is 7.41. The first-order valence-corrected chi connectivity index (χ1v) is 18.6. The van der Waals surface area contributed by atoms with Crippen molar-refractivity contribution in [2.45, 2.75) is 37.8 Å². The van der Waals surface area contributed by atoms with Gasteiger partial charge >= 0.3 is 0 Å². The van der Waals surface area contributed by atoms with Crippen molar-refractivity contribution in [2.75, 3.05) is 23.2 Å². The molecule has 14 heteroatoms. The molecule has 0 aliphatic heterocycles. The number of nitrogens with one attached hydrogen (secondary N) is 1. The van der Waals surface area contributed by atoms with Crippen molar-refractivity contribution in [3.05, 3.63) is 113 Å². The molecule has 1 N–H and O–H groups in total. The van der Waals surface area contributed by atoms with Gasteiger partial charge in [0.05, 0.1) is 43.4 Å². The fraction of sp³-hybridized carbons (Fsp3) is 0.235. The Morgan fingerprint density at radius 1 is 0.854 bits per heavy atom. The lowest BCUT2D eigenvalue weighted by Gasteiger charge is -2.25. The molecule has 48 heavy (non-hydrogen) atoms. The van der Waals surface area contributed by atoms with Gasteiger partial charge in [0.15, 0.2) is 0 Å². The minimum atomic E-state index is -4.62. The Morgan fingerprint density at radius 2 is 1.42 bits per heavy atom. The quantitative estimate of drug-likeness (QED) is 0.145. The molecule has 0 saturated heterocycles. The van der Waals surface area contributed by atoms with E-state index < -0.39 is 37.5 Å². The van der Waals surface area contributed by atoms with E-state index in [0.717, 1.165) is 6.42 Å². The molecule has 1 aromatic heterocycles. The summed E-state index contributed by atoms with van der Waals surface area (Å²) in [4.78, 5) is 13.2. The summed E-state index contributed by atoms with van der Waals surface area (Å²) < 4.78 is 69.9. The normalized spacial score (nSPS) is 11.8. The number of benzene rings is 4. The van der Waals surface area contributed by atoms with Gasteiger partial charge in [0.2, 0.25) is 5.91 Å². The standard InChI is InChI=1S/C34H35ClN4O7S2/c1-4-17-38-21-30-32(37-38)19-27(36-34(40)18-26-7-5-6-8-31(26)35)20-33(30)39(47(41,42)22-24-9-13-28(45-2)14-10-24)48(43,44)23-25-11-15-29(46-3)16-12-25/h5-16,19-21H,4,17-18,22-23H2,1-3H3,(H,36,40). The van der Waals surface area contributed by atoms with Crippen LogP contribution in [-0.2, 0) is 49.3 Å². The van der Waals surface area contributed by atoms with Crippen molar-refractivity contribution in [3.63, 3.8) is 0 Å². The Labute approximate surface area is 285 Å². The number of carbonyl (C=O) groups is 1. The van der Waals surface area contributed by atoms with Gasteiger partial charge in [-0.1, -0.05) is 61.0 Å². The molecule has 1 heterocycles. The van der Waals surface area contributed by atoms with E-state index in [2.05, 4.69) is 10.4 Å². The summed E-state index contributed by atoms with van der Waals surface area (Å²) >= 11 is 6.27. The Morgan fingerprint density at radius 3 is 1.94 bits per heavy atom. The topological polar surface area (TPSA) is 137 Å². The molecular formula is C34H35ClN4O7S2. The first kappa shape index (κ1) is 34.7. The first-order chi connectivity index (χ1) is 22.9. The van der Waals surface area contributed by atoms with Crippen LogP contribution in [0.3, 0.4) is 0 Å². The number of carbonyl (C=O) groups excluding carboxylic acids is 1. The molecule has 4 aromatic carbocycles. The molecule has 0 fully saturated rings. The molecule has 5 aromatic rings. The molecule has 0 saturated carbocycles. The van der Waals surface area contributed by atoms with Crippen LogP contribution < -0.4 is 18.5 Å². The smallest absolute Gasteiger partial charge is 0.252 e. The highest BCUT2D eigenvalue weighted by Crippen LogP contribution is 2.36. The molecular weight excluding hydrogens is 676 g/mol. The second-order valence-electron chi connectivity index (χ2n) is 11.0. The van der Waals surface area contributed by atoms with Crippen molar-refractivity contribution >= 4 is 59.8 Å². The van der Waals surface area contributed by atoms with Gasteiger partial charge in [0.1, 0.15) is 11.5 Å². The van der Waals surface area contributed by atoms with Crippen LogP contribution in [0.2, 0.25) is 5.02 Å². The maximum absolute atomic E-state index is 14.3. The van der Waals surface area contributed by atoms with Crippen molar-refractivity contribution in [2.24, 2.45) is 0 Å². The molecule has 1 amide bonds. The number of aryl methyl sites for hydroxylation is 1. The van der Waals surface area contributed by atoms with Crippen molar-refractivity contribution in [1.82, 2.24) is 9.78 Å². The van der Waals surface area contributed by atoms with E-state index in [1.54, 1.807) is 89.7 Å². The number of hydrogen-bond acceptors (Lipinski definition) is 8. The number of aromatic nitrogens is 2. The number of hydrogen-bond donors (Lipinski definition) is 1. The number of sulfonamides is 2. The van der Waals surface area contributed by atoms with E-state index in [-0.39, 0.29) is 23.2 Å². The summed E-state index contributed by atoms with van der Waals surface area (Å²) in [5.74, 6) is -0.662. The van der Waals surface area contributed by atoms with Gasteiger partial charge in [-0.25, -0.2) is 16.8 Å². The van der Waals surface area contributed by atoms with Gasteiger partial charge in [-0.3, -0.25) is 9.48 Å². The fourth-order valence-electron chi connectivity index (χ4n) is 5.20. The summed E-state index contributed by atoms with van der Waals surface area (Å²) in [6.07, 6.45) is 2.27. The van der Waals surface area contributed by atoms with Gasteiger partial charge in [-0.05, 0) is 65.6 Å². The van der Waals surface area contributed by atoms with Gasteiger partial charge in [-0.2, -0.15) is 8.81 Å². The Bertz CT molecular complexity index is 2060. The largest absolute Gasteiger partial charge is 0.497 e. The van der Waals surface area contributed by atoms with Crippen LogP contribution in [0.25, 0.3) is 10.9 Å². The Kier molecular flexibility index (Phi) is 10.6. The molecule has 0 spiro atoms. The number of ether oxygens (including phenoxy) is 2. The van der Waals surface area contributed by atoms with Crippen LogP contribution in [0.5, 0.6) is 11.5 Å². The number of fused-ring (bicyclic) bond motifs is 1. The predicted octanol–water partition coefficient (Wildman–Crippen LogP) is 6.16. The molecule has 5 rings (SSSR count). The Balaban J connectivity index is 1.64. The molecule has 0 atom stereocenters. The average Bonchev–Trinajstić information content (AvgIpc) is 3.45. The van der Waals surface area contributed by atoms with Crippen LogP contribution in [0.1, 0.15) is 30.0 Å². The van der Waals surface area contributed by atoms with Crippen molar-refractivity contribution in [1.29, 1.82) is 0 Å². The van der Waals surface area contributed by atoms with E-state index in [9.17, 15) is 21.6 Å². The number of halogens is 1. The van der Waals surface area contributed by atoms with Gasteiger partial charge in [0.25, 0.3) is 20.0 Å². The lowest BCUT2D eigenvalue weighted by molar-refractivity contribution is -0.115. The summed E-state index contributed by atoms with van der Waals surface area (Å²) in [6, 6.07) is 22.5. The average molecular weight is 711 g/mol. The zero-order chi connectivity index (χ0) is 34.5. The zero-order valence-corrected chi connectivity index (χ0v) is 29.0. The van der Waals surface area contributed by atoms with Crippen LogP contribution in [0, 0.1) is 0 Å². The second kappa shape index (κ2) is 14.7. The second-order valence-corrected chi connectivity index (χ2v) is 15.3. The molecule has 0 unspecified atom stereocenters. The fourth-order valence-corrected chi connectivity index (χ4v) is 9.46. The summed E-state index contributed by atoms with van der Waals surface area (Å²) in [5, 5.41) is 8.07. The van der Waals surface area contributed by atoms with Gasteiger partial charge in [0, 0.05) is 28.8 Å². The zero-order valence-electron chi connectivity index (χ0n) is 26.6. The van der Waals surface area contributed by atoms with Crippen LogP contribution in [-0.4, -0.2) is 46.7 Å². The van der Waals surface area contributed by atoms with E-state index >= 15 is 0 Å². The maximum Gasteiger partial charge on any atom is 0.252 e. The Hall–Kier alpha value is -4.59. The van der Waals surface area contributed by atoms with Crippen LogP contribution >= 0.6 is 11.6 Å². The molecule has 0 aliphatic rings.